The van der Waals surface area contributed by atoms with E-state index in [1.807, 2.05) is 31.2 Å². The molecule has 1 fully saturated rings. The van der Waals surface area contributed by atoms with Gasteiger partial charge in [0.05, 0.1) is 11.8 Å². The van der Waals surface area contributed by atoms with Crippen LogP contribution in [-0.2, 0) is 4.79 Å². The summed E-state index contributed by atoms with van der Waals surface area (Å²) in [7, 11) is 0. The van der Waals surface area contributed by atoms with E-state index in [0.29, 0.717) is 5.13 Å². The number of carbonyl (C=O) groups is 1. The minimum atomic E-state index is -0.670. The van der Waals surface area contributed by atoms with Gasteiger partial charge in [-0.25, -0.2) is 0 Å². The molecule has 3 rings (SSSR count). The van der Waals surface area contributed by atoms with Crippen molar-refractivity contribution in [2.75, 3.05) is 11.1 Å². The van der Waals surface area contributed by atoms with Crippen LogP contribution in [0.1, 0.15) is 31.2 Å². The average molecular weight is 374 g/mol. The first-order valence-corrected chi connectivity index (χ1v) is 9.91. The molecule has 8 heteroatoms. The van der Waals surface area contributed by atoms with Gasteiger partial charge < -0.3 is 10.6 Å². The average Bonchev–Trinajstić information content (AvgIpc) is 3.25. The van der Waals surface area contributed by atoms with E-state index in [2.05, 4.69) is 26.9 Å². The second-order valence-electron chi connectivity index (χ2n) is 6.10. The molecule has 1 heterocycles. The Morgan fingerprint density at radius 3 is 2.72 bits per heavy atom. The number of aromatic nitrogens is 2. The smallest absolute Gasteiger partial charge is 0.231 e. The van der Waals surface area contributed by atoms with Crippen molar-refractivity contribution < 1.29 is 4.79 Å². The van der Waals surface area contributed by atoms with Crippen LogP contribution in [-0.4, -0.2) is 27.4 Å². The molecule has 0 atom stereocenters. The number of carbonyl (C=O) groups excluding carboxylic acids is 1. The van der Waals surface area contributed by atoms with Crippen LogP contribution < -0.4 is 10.6 Å². The van der Waals surface area contributed by atoms with E-state index >= 15 is 0 Å². The van der Waals surface area contributed by atoms with E-state index in [-0.39, 0.29) is 11.7 Å². The number of anilines is 2. The maximum absolute atomic E-state index is 12.1. The number of nitrogens with zero attached hydrogens (tertiary/aromatic N) is 3. The number of nitriles is 1. The molecule has 1 amide bonds. The van der Waals surface area contributed by atoms with Gasteiger partial charge >= 0.3 is 0 Å². The van der Waals surface area contributed by atoms with Gasteiger partial charge in [0.1, 0.15) is 5.54 Å². The summed E-state index contributed by atoms with van der Waals surface area (Å²) in [5.41, 5.74) is 1.48. The highest BCUT2D eigenvalue weighted by Gasteiger charge is 2.35. The lowest BCUT2D eigenvalue weighted by Gasteiger charge is -2.21. The van der Waals surface area contributed by atoms with Crippen LogP contribution in [0.25, 0.3) is 0 Å². The summed E-state index contributed by atoms with van der Waals surface area (Å²) >= 11 is 2.74. The molecular weight excluding hydrogens is 354 g/mol. The summed E-state index contributed by atoms with van der Waals surface area (Å²) in [5, 5.41) is 24.3. The number of amides is 1. The molecule has 1 aliphatic carbocycles. The molecule has 1 saturated carbocycles. The second kappa shape index (κ2) is 7.85. The van der Waals surface area contributed by atoms with Crippen molar-refractivity contribution in [3.05, 3.63) is 29.8 Å². The predicted molar refractivity (Wildman–Crippen MR) is 100 cm³/mol. The van der Waals surface area contributed by atoms with Crippen LogP contribution in [0.3, 0.4) is 0 Å². The van der Waals surface area contributed by atoms with Crippen LogP contribution in [0.15, 0.2) is 28.6 Å². The zero-order chi connectivity index (χ0) is 17.7. The summed E-state index contributed by atoms with van der Waals surface area (Å²) in [5.74, 6) is 0.111. The van der Waals surface area contributed by atoms with Gasteiger partial charge in [0.2, 0.25) is 11.0 Å². The van der Waals surface area contributed by atoms with Crippen molar-refractivity contribution >= 4 is 39.8 Å². The highest BCUT2D eigenvalue weighted by Crippen LogP contribution is 2.30. The van der Waals surface area contributed by atoms with Gasteiger partial charge in [-0.15, -0.1) is 10.2 Å². The third kappa shape index (κ3) is 4.71. The Morgan fingerprint density at radius 2 is 2.04 bits per heavy atom. The molecule has 1 aromatic carbocycles. The highest BCUT2D eigenvalue weighted by molar-refractivity contribution is 8.01. The topological polar surface area (TPSA) is 90.7 Å². The lowest BCUT2D eigenvalue weighted by molar-refractivity contribution is -0.119. The predicted octanol–water partition coefficient (Wildman–Crippen LogP) is 3.63. The van der Waals surface area contributed by atoms with E-state index < -0.39 is 5.54 Å². The first kappa shape index (κ1) is 17.7. The van der Waals surface area contributed by atoms with Crippen molar-refractivity contribution in [3.8, 4) is 6.07 Å². The Labute approximate surface area is 155 Å². The summed E-state index contributed by atoms with van der Waals surface area (Å²) in [4.78, 5) is 12.1. The Balaban J connectivity index is 1.50. The number of rotatable bonds is 6. The molecule has 0 aliphatic heterocycles. The number of hydrogen-bond acceptors (Lipinski definition) is 7. The molecule has 6 nitrogen and oxygen atoms in total. The fourth-order valence-corrected chi connectivity index (χ4v) is 4.32. The third-order valence-electron chi connectivity index (χ3n) is 4.09. The molecule has 0 saturated heterocycles. The van der Waals surface area contributed by atoms with Gasteiger partial charge in [0, 0.05) is 5.69 Å². The molecule has 0 unspecified atom stereocenters. The molecule has 0 radical (unpaired) electrons. The summed E-state index contributed by atoms with van der Waals surface area (Å²) < 4.78 is 0.724. The second-order valence-corrected chi connectivity index (χ2v) is 8.30. The first-order chi connectivity index (χ1) is 12.1. The molecule has 1 aromatic heterocycles. The van der Waals surface area contributed by atoms with Crippen molar-refractivity contribution in [1.29, 1.82) is 5.26 Å². The molecular formula is C17H19N5OS2. The summed E-state index contributed by atoms with van der Waals surface area (Å²) in [6.45, 7) is 2.04. The Bertz CT molecular complexity index is 775. The number of thioether (sulfide) groups is 1. The highest BCUT2D eigenvalue weighted by atomic mass is 32.2. The molecule has 1 aliphatic rings. The van der Waals surface area contributed by atoms with Gasteiger partial charge in [-0.1, -0.05) is 40.8 Å². The fraction of sp³-hybridized carbons (Fsp3) is 0.412. The van der Waals surface area contributed by atoms with Crippen molar-refractivity contribution in [1.82, 2.24) is 15.5 Å². The van der Waals surface area contributed by atoms with E-state index in [4.69, 9.17) is 0 Å². The maximum Gasteiger partial charge on any atom is 0.231 e. The van der Waals surface area contributed by atoms with Crippen LogP contribution in [0.5, 0.6) is 0 Å². The summed E-state index contributed by atoms with van der Waals surface area (Å²) in [6.07, 6.45) is 3.46. The van der Waals surface area contributed by atoms with Crippen LogP contribution >= 0.6 is 23.1 Å². The number of aryl methyl sites for hydroxylation is 1. The Morgan fingerprint density at radius 1 is 1.32 bits per heavy atom. The molecule has 2 aromatic rings. The van der Waals surface area contributed by atoms with Gasteiger partial charge in [0.25, 0.3) is 0 Å². The zero-order valence-corrected chi connectivity index (χ0v) is 15.5. The molecule has 25 heavy (non-hydrogen) atoms. The third-order valence-corrected chi connectivity index (χ3v) is 6.06. The van der Waals surface area contributed by atoms with Crippen LogP contribution in [0.4, 0.5) is 10.8 Å². The molecule has 130 valence electrons. The minimum absolute atomic E-state index is 0.128. The SMILES string of the molecule is Cc1ccc(Nc2nnc(SCC(=O)NC3(C#N)CCCC3)s2)cc1. The zero-order valence-electron chi connectivity index (χ0n) is 13.9. The van der Waals surface area contributed by atoms with Crippen molar-refractivity contribution in [2.24, 2.45) is 0 Å². The summed E-state index contributed by atoms with van der Waals surface area (Å²) in [6, 6.07) is 10.3. The van der Waals surface area contributed by atoms with Gasteiger partial charge in [-0.05, 0) is 44.7 Å². The van der Waals surface area contributed by atoms with Crippen LogP contribution in [0, 0.1) is 18.3 Å². The fourth-order valence-electron chi connectivity index (χ4n) is 2.75. The monoisotopic (exact) mass is 373 g/mol. The van der Waals surface area contributed by atoms with Crippen molar-refractivity contribution in [2.45, 2.75) is 42.5 Å². The van der Waals surface area contributed by atoms with E-state index in [0.717, 1.165) is 35.7 Å². The van der Waals surface area contributed by atoms with Gasteiger partial charge in [-0.3, -0.25) is 4.79 Å². The van der Waals surface area contributed by atoms with E-state index in [1.165, 1.54) is 28.7 Å². The largest absolute Gasteiger partial charge is 0.337 e. The molecule has 0 bridgehead atoms. The minimum Gasteiger partial charge on any atom is -0.337 e. The lowest BCUT2D eigenvalue weighted by atomic mass is 10.0. The Kier molecular flexibility index (Phi) is 5.56. The molecule has 2 N–H and O–H groups in total. The maximum atomic E-state index is 12.1. The molecule has 0 spiro atoms. The van der Waals surface area contributed by atoms with E-state index in [1.54, 1.807) is 0 Å². The van der Waals surface area contributed by atoms with Crippen LogP contribution in [0.2, 0.25) is 0 Å². The quantitative estimate of drug-likeness (QED) is 0.751. The first-order valence-electron chi connectivity index (χ1n) is 8.11. The Hall–Kier alpha value is -2.11. The lowest BCUT2D eigenvalue weighted by Crippen LogP contribution is -2.45. The standard InChI is InChI=1S/C17H19N5OS2/c1-12-4-6-13(7-5-12)19-15-21-22-16(25-15)24-10-14(23)20-17(11-18)8-2-3-9-17/h4-7H,2-3,8-10H2,1H3,(H,19,21)(H,20,23). The van der Waals surface area contributed by atoms with Gasteiger partial charge in [0.15, 0.2) is 4.34 Å². The van der Waals surface area contributed by atoms with Crippen molar-refractivity contribution in [3.63, 3.8) is 0 Å². The number of nitrogens with one attached hydrogen (secondary N) is 2. The van der Waals surface area contributed by atoms with Gasteiger partial charge in [-0.2, -0.15) is 5.26 Å². The number of benzene rings is 1. The van der Waals surface area contributed by atoms with E-state index in [9.17, 15) is 10.1 Å². The normalized spacial score (nSPS) is 15.5. The number of hydrogen-bond donors (Lipinski definition) is 2.